The van der Waals surface area contributed by atoms with Gasteiger partial charge in [0.15, 0.2) is 0 Å². The Labute approximate surface area is 75.5 Å². The molecule has 72 valence electrons. The van der Waals surface area contributed by atoms with Crippen molar-refractivity contribution in [3.8, 4) is 0 Å². The summed E-state index contributed by atoms with van der Waals surface area (Å²) in [6.45, 7) is 5.80. The van der Waals surface area contributed by atoms with Crippen LogP contribution in [0.4, 0.5) is 0 Å². The molecule has 0 atom stereocenters. The Morgan fingerprint density at radius 2 is 2.23 bits per heavy atom. The van der Waals surface area contributed by atoms with Gasteiger partial charge in [-0.15, -0.1) is 5.10 Å². The van der Waals surface area contributed by atoms with E-state index in [9.17, 15) is 4.79 Å². The van der Waals surface area contributed by atoms with E-state index in [0.29, 0.717) is 0 Å². The molecule has 1 aromatic heterocycles. The molecule has 6 heteroatoms. The molecule has 1 aromatic rings. The molecule has 0 aromatic carbocycles. The molecule has 0 fully saturated rings. The first kappa shape index (κ1) is 9.66. The lowest BCUT2D eigenvalue weighted by Gasteiger charge is -2.17. The van der Waals surface area contributed by atoms with Crippen molar-refractivity contribution in [2.24, 2.45) is 0 Å². The highest BCUT2D eigenvalue weighted by Crippen LogP contribution is 2.10. The van der Waals surface area contributed by atoms with Crippen LogP contribution >= 0.6 is 0 Å². The average molecular weight is 184 g/mol. The molecule has 0 bridgehead atoms. The fraction of sp³-hybridized carbons (Fsp3) is 0.571. The van der Waals surface area contributed by atoms with E-state index in [4.69, 9.17) is 5.21 Å². The van der Waals surface area contributed by atoms with Crippen LogP contribution in [0, 0.1) is 0 Å². The molecule has 0 radical (unpaired) electrons. The maximum Gasteiger partial charge on any atom is 0.314 e. The number of rotatable bonds is 1. The minimum absolute atomic E-state index is 0.0441. The van der Waals surface area contributed by atoms with Crippen LogP contribution in [-0.2, 0) is 5.54 Å². The van der Waals surface area contributed by atoms with Crippen molar-refractivity contribution in [2.75, 3.05) is 0 Å². The summed E-state index contributed by atoms with van der Waals surface area (Å²) in [4.78, 5) is 14.6. The van der Waals surface area contributed by atoms with E-state index in [-0.39, 0.29) is 11.4 Å². The molecule has 13 heavy (non-hydrogen) atoms. The summed E-state index contributed by atoms with van der Waals surface area (Å²) in [5.74, 6) is -0.750. The van der Waals surface area contributed by atoms with Crippen LogP contribution in [0.15, 0.2) is 6.33 Å². The lowest BCUT2D eigenvalue weighted by atomic mass is 10.1. The standard InChI is InChI=1S/C7H12N4O2/c1-7(2,3)11-4-8-5(9-11)6(12)10-13/h4,13H,1-3H3,(H,10,12). The number of hydrogen-bond donors (Lipinski definition) is 2. The third-order valence-corrected chi connectivity index (χ3v) is 1.48. The molecule has 1 amide bonds. The van der Waals surface area contributed by atoms with Crippen molar-refractivity contribution in [1.82, 2.24) is 20.2 Å². The number of aromatic nitrogens is 3. The second kappa shape index (κ2) is 3.14. The largest absolute Gasteiger partial charge is 0.314 e. The van der Waals surface area contributed by atoms with E-state index in [1.807, 2.05) is 20.8 Å². The zero-order chi connectivity index (χ0) is 10.1. The highest BCUT2D eigenvalue weighted by molar-refractivity contribution is 5.89. The number of nitrogens with one attached hydrogen (secondary N) is 1. The predicted octanol–water partition coefficient (Wildman–Crippen LogP) is 0.152. The molecule has 1 rings (SSSR count). The molecule has 6 nitrogen and oxygen atoms in total. The van der Waals surface area contributed by atoms with Crippen molar-refractivity contribution in [2.45, 2.75) is 26.3 Å². The highest BCUT2D eigenvalue weighted by Gasteiger charge is 2.17. The summed E-state index contributed by atoms with van der Waals surface area (Å²) >= 11 is 0. The van der Waals surface area contributed by atoms with Crippen LogP contribution in [0.5, 0.6) is 0 Å². The summed E-state index contributed by atoms with van der Waals surface area (Å²) in [7, 11) is 0. The summed E-state index contributed by atoms with van der Waals surface area (Å²) in [6, 6.07) is 0. The second-order valence-electron chi connectivity index (χ2n) is 3.62. The van der Waals surface area contributed by atoms with E-state index in [1.165, 1.54) is 11.8 Å². The van der Waals surface area contributed by atoms with Crippen molar-refractivity contribution < 1.29 is 10.0 Å². The quantitative estimate of drug-likeness (QED) is 0.481. The average Bonchev–Trinajstić information content (AvgIpc) is 2.50. The van der Waals surface area contributed by atoms with Gasteiger partial charge in [-0.3, -0.25) is 10.0 Å². The molecular weight excluding hydrogens is 172 g/mol. The van der Waals surface area contributed by atoms with Gasteiger partial charge >= 0.3 is 5.91 Å². The fourth-order valence-corrected chi connectivity index (χ4v) is 0.740. The fourth-order valence-electron chi connectivity index (χ4n) is 0.740. The Hall–Kier alpha value is -1.43. The normalized spacial score (nSPS) is 11.4. The Kier molecular flexibility index (Phi) is 2.33. The number of nitrogens with zero attached hydrogens (tertiary/aromatic N) is 3. The Bertz CT molecular complexity index is 313. The molecule has 0 aliphatic heterocycles. The first-order valence-corrected chi connectivity index (χ1v) is 3.81. The molecule has 0 saturated heterocycles. The Balaban J connectivity index is 2.93. The Morgan fingerprint density at radius 3 is 2.62 bits per heavy atom. The maximum atomic E-state index is 10.9. The van der Waals surface area contributed by atoms with Crippen LogP contribution < -0.4 is 5.48 Å². The molecule has 0 aliphatic rings. The number of amides is 1. The van der Waals surface area contributed by atoms with E-state index in [1.54, 1.807) is 4.68 Å². The molecular formula is C7H12N4O2. The zero-order valence-corrected chi connectivity index (χ0v) is 7.77. The van der Waals surface area contributed by atoms with Crippen molar-refractivity contribution in [3.05, 3.63) is 12.2 Å². The van der Waals surface area contributed by atoms with Gasteiger partial charge in [0.05, 0.1) is 5.54 Å². The van der Waals surface area contributed by atoms with Gasteiger partial charge in [0.25, 0.3) is 0 Å². The molecule has 0 unspecified atom stereocenters. The van der Waals surface area contributed by atoms with E-state index in [0.717, 1.165) is 0 Å². The zero-order valence-electron chi connectivity index (χ0n) is 7.77. The minimum Gasteiger partial charge on any atom is -0.288 e. The number of hydroxylamine groups is 1. The van der Waals surface area contributed by atoms with Gasteiger partial charge in [0.1, 0.15) is 6.33 Å². The third kappa shape index (κ3) is 2.03. The predicted molar refractivity (Wildman–Crippen MR) is 44.3 cm³/mol. The summed E-state index contributed by atoms with van der Waals surface area (Å²) in [5, 5.41) is 12.2. The van der Waals surface area contributed by atoms with Gasteiger partial charge in [-0.25, -0.2) is 15.1 Å². The van der Waals surface area contributed by atoms with Crippen LogP contribution in [0.25, 0.3) is 0 Å². The minimum atomic E-state index is -0.706. The number of hydrogen-bond acceptors (Lipinski definition) is 4. The SMILES string of the molecule is CC(C)(C)n1cnc(C(=O)NO)n1. The Morgan fingerprint density at radius 1 is 1.62 bits per heavy atom. The summed E-state index contributed by atoms with van der Waals surface area (Å²) in [5.41, 5.74) is 1.25. The molecule has 0 saturated carbocycles. The number of carbonyl (C=O) groups is 1. The lowest BCUT2D eigenvalue weighted by Crippen LogP contribution is -2.24. The smallest absolute Gasteiger partial charge is 0.288 e. The van der Waals surface area contributed by atoms with E-state index < -0.39 is 5.91 Å². The van der Waals surface area contributed by atoms with Crippen molar-refractivity contribution in [3.63, 3.8) is 0 Å². The second-order valence-corrected chi connectivity index (χ2v) is 3.62. The van der Waals surface area contributed by atoms with Gasteiger partial charge in [0, 0.05) is 0 Å². The van der Waals surface area contributed by atoms with E-state index in [2.05, 4.69) is 10.1 Å². The van der Waals surface area contributed by atoms with Gasteiger partial charge in [-0.1, -0.05) is 0 Å². The highest BCUT2D eigenvalue weighted by atomic mass is 16.5. The van der Waals surface area contributed by atoms with Crippen LogP contribution in [0.1, 0.15) is 31.4 Å². The van der Waals surface area contributed by atoms with Gasteiger partial charge in [-0.05, 0) is 20.8 Å². The molecule has 1 heterocycles. The van der Waals surface area contributed by atoms with Crippen LogP contribution in [0.3, 0.4) is 0 Å². The number of carbonyl (C=O) groups excluding carboxylic acids is 1. The lowest BCUT2D eigenvalue weighted by molar-refractivity contribution is 0.0693. The van der Waals surface area contributed by atoms with Crippen LogP contribution in [0.2, 0.25) is 0 Å². The first-order chi connectivity index (χ1) is 5.95. The van der Waals surface area contributed by atoms with Gasteiger partial charge in [-0.2, -0.15) is 0 Å². The van der Waals surface area contributed by atoms with Gasteiger partial charge in [0.2, 0.25) is 5.82 Å². The van der Waals surface area contributed by atoms with Crippen molar-refractivity contribution >= 4 is 5.91 Å². The molecule has 0 aliphatic carbocycles. The monoisotopic (exact) mass is 184 g/mol. The van der Waals surface area contributed by atoms with E-state index >= 15 is 0 Å². The summed E-state index contributed by atoms with van der Waals surface area (Å²) < 4.78 is 1.55. The maximum absolute atomic E-state index is 10.9. The van der Waals surface area contributed by atoms with Crippen molar-refractivity contribution in [1.29, 1.82) is 0 Å². The third-order valence-electron chi connectivity index (χ3n) is 1.48. The topological polar surface area (TPSA) is 80.0 Å². The molecule has 2 N–H and O–H groups in total. The van der Waals surface area contributed by atoms with Gasteiger partial charge < -0.3 is 0 Å². The van der Waals surface area contributed by atoms with Crippen LogP contribution in [-0.4, -0.2) is 25.9 Å². The summed E-state index contributed by atoms with van der Waals surface area (Å²) in [6.07, 6.45) is 1.45. The first-order valence-electron chi connectivity index (χ1n) is 3.81. The molecule has 0 spiro atoms.